The van der Waals surface area contributed by atoms with Gasteiger partial charge in [0.1, 0.15) is 0 Å². The number of primary amides is 2. The van der Waals surface area contributed by atoms with E-state index >= 15 is 0 Å². The lowest BCUT2D eigenvalue weighted by Crippen LogP contribution is -2.29. The van der Waals surface area contributed by atoms with Crippen molar-refractivity contribution in [2.45, 2.75) is 51.4 Å². The van der Waals surface area contributed by atoms with Crippen LogP contribution in [0.3, 0.4) is 0 Å². The number of hydrogen-bond acceptors (Lipinski definition) is 4. The summed E-state index contributed by atoms with van der Waals surface area (Å²) in [7, 11) is 0. The van der Waals surface area contributed by atoms with Crippen LogP contribution in [0.4, 0.5) is 0 Å². The predicted molar refractivity (Wildman–Crippen MR) is 81.1 cm³/mol. The van der Waals surface area contributed by atoms with Crippen LogP contribution in [-0.4, -0.2) is 38.0 Å². The second-order valence-electron chi connectivity index (χ2n) is 5.06. The number of nitrogens with two attached hydrogens (primary N) is 2. The minimum Gasteiger partial charge on any atom is -0.361 e. The fraction of sp³-hybridized carbons (Fsp3) is 0.857. The summed E-state index contributed by atoms with van der Waals surface area (Å²) in [6.07, 6.45) is 11.3. The highest BCUT2D eigenvalue weighted by Crippen LogP contribution is 2.01. The van der Waals surface area contributed by atoms with Crippen LogP contribution >= 0.6 is 0 Å². The molecule has 0 saturated carbocycles. The van der Waals surface area contributed by atoms with Crippen LogP contribution in [0.5, 0.6) is 0 Å². The molecular formula is C14H30N4O2. The van der Waals surface area contributed by atoms with Gasteiger partial charge in [0.15, 0.2) is 0 Å². The van der Waals surface area contributed by atoms with Crippen molar-refractivity contribution in [3.05, 3.63) is 0 Å². The van der Waals surface area contributed by atoms with Crippen molar-refractivity contribution in [2.75, 3.05) is 26.2 Å². The topological polar surface area (TPSA) is 110 Å². The lowest BCUT2D eigenvalue weighted by Gasteiger charge is -1.91. The molecule has 118 valence electrons. The quantitative estimate of drug-likeness (QED) is 0.479. The molecule has 2 rings (SSSR count). The van der Waals surface area contributed by atoms with Crippen molar-refractivity contribution in [3.63, 3.8) is 0 Å². The van der Waals surface area contributed by atoms with Gasteiger partial charge in [0.2, 0.25) is 0 Å². The molecule has 2 aliphatic heterocycles. The van der Waals surface area contributed by atoms with Crippen molar-refractivity contribution in [1.82, 2.24) is 10.6 Å². The molecule has 6 N–H and O–H groups in total. The Morgan fingerprint density at radius 1 is 0.550 bits per heavy atom. The summed E-state index contributed by atoms with van der Waals surface area (Å²) < 4.78 is 0. The van der Waals surface area contributed by atoms with Crippen LogP contribution in [-0.2, 0) is 9.59 Å². The van der Waals surface area contributed by atoms with E-state index in [9.17, 15) is 9.59 Å². The molecule has 0 bridgehead atoms. The Morgan fingerprint density at radius 3 is 1.00 bits per heavy atom. The highest BCUT2D eigenvalue weighted by atomic mass is 16.2. The Labute approximate surface area is 122 Å². The first-order valence-corrected chi connectivity index (χ1v) is 7.65. The Balaban J connectivity index is 0.000000272. The molecule has 0 aliphatic carbocycles. The molecule has 6 heteroatoms. The van der Waals surface area contributed by atoms with Gasteiger partial charge >= 0.3 is 11.8 Å². The number of rotatable bonds is 0. The van der Waals surface area contributed by atoms with E-state index in [1.165, 1.54) is 77.5 Å². The monoisotopic (exact) mass is 286 g/mol. The van der Waals surface area contributed by atoms with Gasteiger partial charge in [0.25, 0.3) is 0 Å². The van der Waals surface area contributed by atoms with Crippen molar-refractivity contribution >= 4 is 11.8 Å². The van der Waals surface area contributed by atoms with Crippen molar-refractivity contribution in [1.29, 1.82) is 0 Å². The highest BCUT2D eigenvalue weighted by Gasteiger charge is 1.97. The first-order valence-electron chi connectivity index (χ1n) is 7.65. The molecule has 20 heavy (non-hydrogen) atoms. The molecule has 6 nitrogen and oxygen atoms in total. The third-order valence-electron chi connectivity index (χ3n) is 3.16. The zero-order valence-corrected chi connectivity index (χ0v) is 12.5. The molecule has 0 aromatic carbocycles. The lowest BCUT2D eigenvalue weighted by molar-refractivity contribution is -0.135. The third-order valence-corrected chi connectivity index (χ3v) is 3.16. The van der Waals surface area contributed by atoms with Gasteiger partial charge in [-0.1, -0.05) is 25.7 Å². The van der Waals surface area contributed by atoms with Crippen molar-refractivity contribution in [2.24, 2.45) is 11.5 Å². The molecule has 2 aliphatic rings. The molecule has 0 atom stereocenters. The standard InChI is InChI=1S/2C6H13N.C2H4N2O2/c2*1-2-4-6-7-5-3-1;3-1(5)2(4)6/h2*7H,1-6H2;(H2,3,5)(H2,4,6). The predicted octanol–water partition coefficient (Wildman–Crippen LogP) is 0.257. The summed E-state index contributed by atoms with van der Waals surface area (Å²) in [5.74, 6) is -2.20. The van der Waals surface area contributed by atoms with Crippen LogP contribution in [0.15, 0.2) is 0 Å². The fourth-order valence-corrected chi connectivity index (χ4v) is 1.96. The Kier molecular flexibility index (Phi) is 13.5. The maximum Gasteiger partial charge on any atom is 0.306 e. The van der Waals surface area contributed by atoms with E-state index in [2.05, 4.69) is 22.1 Å². The molecule has 2 saturated heterocycles. The zero-order chi connectivity index (χ0) is 15.1. The molecular weight excluding hydrogens is 256 g/mol. The minimum atomic E-state index is -1.10. The summed E-state index contributed by atoms with van der Waals surface area (Å²) in [4.78, 5) is 18.9. The smallest absolute Gasteiger partial charge is 0.306 e. The van der Waals surface area contributed by atoms with Crippen LogP contribution in [0, 0.1) is 0 Å². The number of carbonyl (C=O) groups is 2. The number of nitrogens with one attached hydrogen (secondary N) is 2. The van der Waals surface area contributed by atoms with E-state index in [0.29, 0.717) is 0 Å². The lowest BCUT2D eigenvalue weighted by atomic mass is 10.2. The fourth-order valence-electron chi connectivity index (χ4n) is 1.96. The van der Waals surface area contributed by atoms with E-state index in [1.807, 2.05) is 0 Å². The van der Waals surface area contributed by atoms with Gasteiger partial charge < -0.3 is 22.1 Å². The van der Waals surface area contributed by atoms with Crippen molar-refractivity contribution < 1.29 is 9.59 Å². The maximum atomic E-state index is 9.45. The molecule has 0 aromatic heterocycles. The summed E-state index contributed by atoms with van der Waals surface area (Å²) in [5, 5.41) is 6.69. The molecule has 0 aromatic rings. The first kappa shape index (κ1) is 18.9. The molecule has 0 unspecified atom stereocenters. The zero-order valence-electron chi connectivity index (χ0n) is 12.5. The number of hydrogen-bond donors (Lipinski definition) is 4. The van der Waals surface area contributed by atoms with Gasteiger partial charge in [-0.05, 0) is 51.9 Å². The van der Waals surface area contributed by atoms with Gasteiger partial charge in [-0.25, -0.2) is 0 Å². The molecule has 0 radical (unpaired) electrons. The normalized spacial score (nSPS) is 19.0. The van der Waals surface area contributed by atoms with Crippen LogP contribution in [0.2, 0.25) is 0 Å². The van der Waals surface area contributed by atoms with Crippen molar-refractivity contribution in [3.8, 4) is 0 Å². The minimum absolute atomic E-state index is 1.10. The highest BCUT2D eigenvalue weighted by molar-refractivity contribution is 6.33. The second-order valence-corrected chi connectivity index (χ2v) is 5.06. The van der Waals surface area contributed by atoms with Gasteiger partial charge in [0.05, 0.1) is 0 Å². The molecule has 2 amide bonds. The van der Waals surface area contributed by atoms with Gasteiger partial charge in [-0.2, -0.15) is 0 Å². The van der Waals surface area contributed by atoms with Crippen LogP contribution < -0.4 is 22.1 Å². The summed E-state index contributed by atoms with van der Waals surface area (Å²) in [5.41, 5.74) is 8.64. The van der Waals surface area contributed by atoms with E-state index in [4.69, 9.17) is 0 Å². The third kappa shape index (κ3) is 14.9. The molecule has 2 fully saturated rings. The van der Waals surface area contributed by atoms with E-state index in [1.54, 1.807) is 0 Å². The van der Waals surface area contributed by atoms with Gasteiger partial charge in [0, 0.05) is 0 Å². The van der Waals surface area contributed by atoms with E-state index < -0.39 is 11.8 Å². The van der Waals surface area contributed by atoms with E-state index in [0.717, 1.165) is 0 Å². The molecule has 0 spiro atoms. The first-order chi connectivity index (χ1) is 9.64. The van der Waals surface area contributed by atoms with Crippen LogP contribution in [0.1, 0.15) is 51.4 Å². The molecule has 2 heterocycles. The Hall–Kier alpha value is -1.14. The summed E-state index contributed by atoms with van der Waals surface area (Å²) in [6, 6.07) is 0. The van der Waals surface area contributed by atoms with Gasteiger partial charge in [-0.3, -0.25) is 9.59 Å². The second kappa shape index (κ2) is 14.3. The van der Waals surface area contributed by atoms with E-state index in [-0.39, 0.29) is 0 Å². The SMILES string of the molecule is C1CCCNCC1.C1CCCNCC1.NC(=O)C(N)=O. The summed E-state index contributed by atoms with van der Waals surface area (Å²) >= 11 is 0. The average Bonchev–Trinajstić information content (AvgIpc) is 2.89. The van der Waals surface area contributed by atoms with Gasteiger partial charge in [-0.15, -0.1) is 0 Å². The Bertz CT molecular complexity index is 194. The average molecular weight is 286 g/mol. The number of carbonyl (C=O) groups excluding carboxylic acids is 2. The largest absolute Gasteiger partial charge is 0.361 e. The number of amides is 2. The maximum absolute atomic E-state index is 9.45. The summed E-state index contributed by atoms with van der Waals surface area (Å²) in [6.45, 7) is 5.00. The van der Waals surface area contributed by atoms with Crippen LogP contribution in [0.25, 0.3) is 0 Å². The Morgan fingerprint density at radius 2 is 0.800 bits per heavy atom.